The van der Waals surface area contributed by atoms with Crippen LogP contribution in [0, 0.1) is 11.8 Å². The number of aldehydes is 1. The van der Waals surface area contributed by atoms with Crippen molar-refractivity contribution in [2.45, 2.75) is 56.4 Å². The van der Waals surface area contributed by atoms with Gasteiger partial charge in [0.15, 0.2) is 0 Å². The molecule has 210 valence electrons. The fourth-order valence-electron chi connectivity index (χ4n) is 7.77. The molecule has 0 aromatic heterocycles. The molecule has 1 heterocycles. The van der Waals surface area contributed by atoms with Crippen molar-refractivity contribution in [2.75, 3.05) is 33.3 Å². The van der Waals surface area contributed by atoms with Gasteiger partial charge in [-0.25, -0.2) is 0 Å². The van der Waals surface area contributed by atoms with Gasteiger partial charge in [-0.15, -0.1) is 0 Å². The molecule has 0 bridgehead atoms. The number of nitrogens with one attached hydrogen (secondary N) is 1. The normalized spacial score (nSPS) is 26.0. The highest BCUT2D eigenvalue weighted by molar-refractivity contribution is 5.55. The number of aryl methyl sites for hydroxylation is 1. The van der Waals surface area contributed by atoms with Crippen LogP contribution < -0.4 is 10.1 Å². The second kappa shape index (κ2) is 12.2. The van der Waals surface area contributed by atoms with E-state index in [9.17, 15) is 9.90 Å². The molecular formula is C35H42N2O3. The fourth-order valence-corrected chi connectivity index (χ4v) is 7.77. The Bertz CT molecular complexity index is 1280. The first kappa shape index (κ1) is 27.0. The molecule has 0 spiro atoms. The van der Waals surface area contributed by atoms with Crippen molar-refractivity contribution in [1.82, 2.24) is 10.2 Å². The predicted molar refractivity (Wildman–Crippen MR) is 159 cm³/mol. The van der Waals surface area contributed by atoms with Crippen LogP contribution in [0.1, 0.15) is 77.8 Å². The molecule has 2 N–H and O–H groups in total. The Labute approximate surface area is 238 Å². The lowest BCUT2D eigenvalue weighted by Crippen LogP contribution is -2.48. The zero-order valence-electron chi connectivity index (χ0n) is 23.6. The largest absolute Gasteiger partial charge is 0.508 e. The van der Waals surface area contributed by atoms with Crippen LogP contribution in [0.15, 0.2) is 66.7 Å². The lowest BCUT2D eigenvalue weighted by Gasteiger charge is -2.43. The lowest BCUT2D eigenvalue weighted by atomic mass is 9.69. The van der Waals surface area contributed by atoms with Gasteiger partial charge in [0.05, 0.1) is 7.11 Å². The number of hydrogen-bond acceptors (Lipinski definition) is 5. The molecule has 0 amide bonds. The van der Waals surface area contributed by atoms with Crippen LogP contribution in [0.5, 0.6) is 11.5 Å². The molecule has 2 fully saturated rings. The van der Waals surface area contributed by atoms with Crippen LogP contribution in [0.2, 0.25) is 0 Å². The summed E-state index contributed by atoms with van der Waals surface area (Å²) in [6.07, 6.45) is 7.74. The topological polar surface area (TPSA) is 61.8 Å². The number of rotatable bonds is 7. The van der Waals surface area contributed by atoms with E-state index in [0.717, 1.165) is 64.0 Å². The Balaban J connectivity index is 1.37. The Kier molecular flexibility index (Phi) is 8.22. The van der Waals surface area contributed by atoms with Gasteiger partial charge in [-0.3, -0.25) is 4.90 Å². The SMILES string of the molecule is COc1ccc(C2CCc3cc(O)ccc3C2c2ccc(C([C@@H]3CCCC[C@H]3C=O)N3CCNCC3)cc2)cc1. The number of fused-ring (bicyclic) bond motifs is 1. The summed E-state index contributed by atoms with van der Waals surface area (Å²) in [6.45, 7) is 4.05. The first-order valence-corrected chi connectivity index (χ1v) is 15.1. The molecule has 3 unspecified atom stereocenters. The molecule has 40 heavy (non-hydrogen) atoms. The van der Waals surface area contributed by atoms with Crippen molar-refractivity contribution in [2.24, 2.45) is 11.8 Å². The third-order valence-corrected chi connectivity index (χ3v) is 9.77. The molecule has 3 aliphatic rings. The van der Waals surface area contributed by atoms with E-state index in [2.05, 4.69) is 64.8 Å². The molecule has 3 aromatic carbocycles. The van der Waals surface area contributed by atoms with Gasteiger partial charge >= 0.3 is 0 Å². The van der Waals surface area contributed by atoms with E-state index < -0.39 is 0 Å². The zero-order valence-corrected chi connectivity index (χ0v) is 23.6. The standard InChI is InChI=1S/C35H42N2O3/c1-40-30-14-10-24(11-15-30)31-16-12-27-22-29(39)13-17-32(27)34(31)25-6-8-26(9-7-25)35(37-20-18-36-19-21-37)33-5-3-2-4-28(33)23-38/h6-11,13-15,17,22-23,28,31,33-36,39H,2-5,12,16,18-21H2,1H3/t28-,31?,33+,34?,35?/m0/s1. The molecule has 1 saturated carbocycles. The summed E-state index contributed by atoms with van der Waals surface area (Å²) in [5, 5.41) is 13.7. The van der Waals surface area contributed by atoms with E-state index in [1.807, 2.05) is 12.1 Å². The van der Waals surface area contributed by atoms with Gasteiger partial charge in [-0.2, -0.15) is 0 Å². The zero-order chi connectivity index (χ0) is 27.5. The molecule has 5 heteroatoms. The van der Waals surface area contributed by atoms with Gasteiger partial charge in [0.2, 0.25) is 0 Å². The summed E-state index contributed by atoms with van der Waals surface area (Å²) >= 11 is 0. The number of methoxy groups -OCH3 is 1. The Morgan fingerprint density at radius 2 is 1.65 bits per heavy atom. The number of nitrogens with zero attached hydrogens (tertiary/aromatic N) is 1. The summed E-state index contributed by atoms with van der Waals surface area (Å²) < 4.78 is 5.43. The van der Waals surface area contributed by atoms with Crippen LogP contribution in [-0.4, -0.2) is 49.6 Å². The van der Waals surface area contributed by atoms with Crippen molar-refractivity contribution >= 4 is 6.29 Å². The number of phenols is 1. The number of benzene rings is 3. The minimum Gasteiger partial charge on any atom is -0.508 e. The van der Waals surface area contributed by atoms with Gasteiger partial charge in [-0.1, -0.05) is 55.3 Å². The Morgan fingerprint density at radius 3 is 2.38 bits per heavy atom. The van der Waals surface area contributed by atoms with Crippen LogP contribution in [0.4, 0.5) is 0 Å². The Morgan fingerprint density at radius 1 is 0.925 bits per heavy atom. The highest BCUT2D eigenvalue weighted by Crippen LogP contribution is 2.48. The van der Waals surface area contributed by atoms with Crippen LogP contribution in [0.3, 0.4) is 0 Å². The average molecular weight is 539 g/mol. The first-order valence-electron chi connectivity index (χ1n) is 15.1. The number of carbonyl (C=O) groups is 1. The van der Waals surface area contributed by atoms with E-state index in [1.165, 1.54) is 40.5 Å². The van der Waals surface area contributed by atoms with Crippen molar-refractivity contribution < 1.29 is 14.6 Å². The maximum Gasteiger partial charge on any atom is 0.123 e. The molecule has 1 aliphatic heterocycles. The molecule has 2 aliphatic carbocycles. The molecule has 3 aromatic rings. The number of piperazine rings is 1. The smallest absolute Gasteiger partial charge is 0.123 e. The lowest BCUT2D eigenvalue weighted by molar-refractivity contribution is -0.114. The van der Waals surface area contributed by atoms with Gasteiger partial charge in [-0.05, 0) is 89.6 Å². The predicted octanol–water partition coefficient (Wildman–Crippen LogP) is 6.21. The van der Waals surface area contributed by atoms with E-state index in [1.54, 1.807) is 7.11 Å². The van der Waals surface area contributed by atoms with Crippen molar-refractivity contribution in [3.63, 3.8) is 0 Å². The minimum absolute atomic E-state index is 0.144. The second-order valence-corrected chi connectivity index (χ2v) is 11.9. The molecular weight excluding hydrogens is 496 g/mol. The number of aromatic hydroxyl groups is 1. The van der Waals surface area contributed by atoms with Crippen LogP contribution >= 0.6 is 0 Å². The molecule has 6 rings (SSSR count). The maximum atomic E-state index is 12.1. The monoisotopic (exact) mass is 538 g/mol. The Hall–Kier alpha value is -3.15. The van der Waals surface area contributed by atoms with Gasteiger partial charge < -0.3 is 20.0 Å². The summed E-state index contributed by atoms with van der Waals surface area (Å²) in [6, 6.07) is 24.1. The molecule has 5 atom stereocenters. The first-order chi connectivity index (χ1) is 19.7. The summed E-state index contributed by atoms with van der Waals surface area (Å²) in [5.41, 5.74) is 6.53. The van der Waals surface area contributed by atoms with Crippen LogP contribution in [-0.2, 0) is 11.2 Å². The van der Waals surface area contributed by atoms with Crippen molar-refractivity contribution in [3.05, 3.63) is 94.5 Å². The fraction of sp³-hybridized carbons (Fsp3) is 0.457. The minimum atomic E-state index is 0.144. The van der Waals surface area contributed by atoms with Gasteiger partial charge in [0.1, 0.15) is 17.8 Å². The number of hydrogen-bond donors (Lipinski definition) is 2. The van der Waals surface area contributed by atoms with E-state index in [-0.39, 0.29) is 17.9 Å². The van der Waals surface area contributed by atoms with Crippen molar-refractivity contribution in [3.8, 4) is 11.5 Å². The molecule has 5 nitrogen and oxygen atoms in total. The van der Waals surface area contributed by atoms with Gasteiger partial charge in [0.25, 0.3) is 0 Å². The number of ether oxygens (including phenoxy) is 1. The van der Waals surface area contributed by atoms with Crippen LogP contribution in [0.25, 0.3) is 0 Å². The highest BCUT2D eigenvalue weighted by atomic mass is 16.5. The third-order valence-electron chi connectivity index (χ3n) is 9.77. The third kappa shape index (κ3) is 5.42. The maximum absolute atomic E-state index is 12.1. The molecule has 0 radical (unpaired) electrons. The highest BCUT2D eigenvalue weighted by Gasteiger charge is 2.37. The number of phenolic OH excluding ortho intramolecular Hbond substituents is 1. The molecule has 1 saturated heterocycles. The quantitative estimate of drug-likeness (QED) is 0.350. The average Bonchev–Trinajstić information content (AvgIpc) is 3.02. The van der Waals surface area contributed by atoms with E-state index >= 15 is 0 Å². The summed E-state index contributed by atoms with van der Waals surface area (Å²) in [7, 11) is 1.71. The van der Waals surface area contributed by atoms with E-state index in [0.29, 0.717) is 17.6 Å². The second-order valence-electron chi connectivity index (χ2n) is 11.9. The van der Waals surface area contributed by atoms with E-state index in [4.69, 9.17) is 4.74 Å². The summed E-state index contributed by atoms with van der Waals surface area (Å²) in [5.74, 6) is 2.29. The summed E-state index contributed by atoms with van der Waals surface area (Å²) in [4.78, 5) is 14.8. The number of carbonyl (C=O) groups excluding carboxylic acids is 1. The van der Waals surface area contributed by atoms with Gasteiger partial charge in [0, 0.05) is 44.1 Å². The van der Waals surface area contributed by atoms with Crippen molar-refractivity contribution in [1.29, 1.82) is 0 Å².